The zero-order valence-corrected chi connectivity index (χ0v) is 15.9. The molecule has 0 saturated carbocycles. The maximum Gasteiger partial charge on any atom is 0.150 e. The van der Waals surface area contributed by atoms with Crippen LogP contribution in [-0.4, -0.2) is 34.7 Å². The lowest BCUT2D eigenvalue weighted by atomic mass is 10.1. The van der Waals surface area contributed by atoms with Crippen molar-refractivity contribution in [2.75, 3.05) is 25.1 Å². The molecule has 0 bridgehead atoms. The first-order valence-electron chi connectivity index (χ1n) is 9.66. The van der Waals surface area contributed by atoms with Crippen LogP contribution in [0.5, 0.6) is 5.75 Å². The van der Waals surface area contributed by atoms with Crippen LogP contribution in [0.3, 0.4) is 0 Å². The second-order valence-corrected chi connectivity index (χ2v) is 7.07. The molecule has 0 N–H and O–H groups in total. The Kier molecular flexibility index (Phi) is 4.20. The topological polar surface area (TPSA) is 43.2 Å². The number of anilines is 1. The first-order chi connectivity index (χ1) is 13.8. The number of ether oxygens (including phenoxy) is 1. The van der Waals surface area contributed by atoms with Gasteiger partial charge in [-0.05, 0) is 42.7 Å². The zero-order valence-electron chi connectivity index (χ0n) is 15.9. The highest BCUT2D eigenvalue weighted by molar-refractivity contribution is 6.02. The molecule has 28 heavy (non-hydrogen) atoms. The highest BCUT2D eigenvalue weighted by Crippen LogP contribution is 2.37. The second-order valence-electron chi connectivity index (χ2n) is 7.07. The van der Waals surface area contributed by atoms with Gasteiger partial charge in [-0.2, -0.15) is 0 Å². The van der Waals surface area contributed by atoms with Gasteiger partial charge in [-0.1, -0.05) is 30.3 Å². The summed E-state index contributed by atoms with van der Waals surface area (Å²) in [6, 6.07) is 18.6. The molecule has 0 aliphatic carbocycles. The van der Waals surface area contributed by atoms with Crippen molar-refractivity contribution in [1.82, 2.24) is 14.5 Å². The van der Waals surface area contributed by atoms with Crippen LogP contribution < -0.4 is 9.64 Å². The van der Waals surface area contributed by atoms with Gasteiger partial charge in [0.15, 0.2) is 5.65 Å². The second kappa shape index (κ2) is 7.00. The fraction of sp³-hybridized carbons (Fsp3) is 0.217. The number of hydrogen-bond donors (Lipinski definition) is 0. The molecule has 2 aromatic heterocycles. The average molecular weight is 370 g/mol. The summed E-state index contributed by atoms with van der Waals surface area (Å²) >= 11 is 0. The number of methoxy groups -OCH3 is 1. The summed E-state index contributed by atoms with van der Waals surface area (Å²) in [6.45, 7) is 2.10. The van der Waals surface area contributed by atoms with Crippen LogP contribution in [0.2, 0.25) is 0 Å². The molecule has 0 radical (unpaired) electrons. The molecule has 1 aliphatic heterocycles. The van der Waals surface area contributed by atoms with Gasteiger partial charge in [0.1, 0.15) is 17.9 Å². The molecule has 5 heteroatoms. The van der Waals surface area contributed by atoms with E-state index in [2.05, 4.69) is 57.0 Å². The minimum absolute atomic E-state index is 0.843. The van der Waals surface area contributed by atoms with E-state index in [1.54, 1.807) is 13.4 Å². The summed E-state index contributed by atoms with van der Waals surface area (Å²) in [5.74, 6) is 1.88. The predicted molar refractivity (Wildman–Crippen MR) is 112 cm³/mol. The molecule has 2 aromatic carbocycles. The Labute approximate surface area is 164 Å². The largest absolute Gasteiger partial charge is 0.497 e. The SMILES string of the molecule is COc1ccc(-n2cc(-c3ccccc3)c3c(N4CCCC4)ncnc32)cc1. The van der Waals surface area contributed by atoms with Gasteiger partial charge in [-0.15, -0.1) is 0 Å². The molecule has 0 atom stereocenters. The quantitative estimate of drug-likeness (QED) is 0.522. The molecular weight excluding hydrogens is 348 g/mol. The molecule has 3 heterocycles. The normalized spacial score (nSPS) is 14.0. The van der Waals surface area contributed by atoms with Crippen LogP contribution in [0.1, 0.15) is 12.8 Å². The van der Waals surface area contributed by atoms with Crippen molar-refractivity contribution in [3.63, 3.8) is 0 Å². The molecule has 4 aromatic rings. The third kappa shape index (κ3) is 2.80. The molecule has 0 unspecified atom stereocenters. The van der Waals surface area contributed by atoms with Crippen molar-refractivity contribution in [2.45, 2.75) is 12.8 Å². The van der Waals surface area contributed by atoms with E-state index < -0.39 is 0 Å². The van der Waals surface area contributed by atoms with Crippen molar-refractivity contribution in [3.05, 3.63) is 67.1 Å². The molecule has 5 rings (SSSR count). The van der Waals surface area contributed by atoms with Crippen LogP contribution in [0.4, 0.5) is 5.82 Å². The maximum atomic E-state index is 5.31. The molecule has 1 fully saturated rings. The van der Waals surface area contributed by atoms with Crippen molar-refractivity contribution in [2.24, 2.45) is 0 Å². The van der Waals surface area contributed by atoms with Gasteiger partial charge in [0.2, 0.25) is 0 Å². The smallest absolute Gasteiger partial charge is 0.150 e. The van der Waals surface area contributed by atoms with E-state index in [0.29, 0.717) is 0 Å². The van der Waals surface area contributed by atoms with Gasteiger partial charge in [0, 0.05) is 30.5 Å². The third-order valence-electron chi connectivity index (χ3n) is 5.40. The monoisotopic (exact) mass is 370 g/mol. The Morgan fingerprint density at radius 2 is 1.64 bits per heavy atom. The Hall–Kier alpha value is -3.34. The molecule has 5 nitrogen and oxygen atoms in total. The fourth-order valence-electron chi connectivity index (χ4n) is 3.99. The number of aromatic nitrogens is 3. The van der Waals surface area contributed by atoms with E-state index in [-0.39, 0.29) is 0 Å². The van der Waals surface area contributed by atoms with Gasteiger partial charge in [0.25, 0.3) is 0 Å². The Balaban J connectivity index is 1.76. The standard InChI is InChI=1S/C23H22N4O/c1-28-19-11-9-18(10-12-19)27-15-20(17-7-3-2-4-8-17)21-22(24-16-25-23(21)27)26-13-5-6-14-26/h2-4,7-12,15-16H,5-6,13-14H2,1H3. The minimum Gasteiger partial charge on any atom is -0.497 e. The summed E-state index contributed by atoms with van der Waals surface area (Å²) in [4.78, 5) is 11.7. The van der Waals surface area contributed by atoms with Gasteiger partial charge >= 0.3 is 0 Å². The van der Waals surface area contributed by atoms with E-state index >= 15 is 0 Å². The van der Waals surface area contributed by atoms with Gasteiger partial charge in [0.05, 0.1) is 12.5 Å². The van der Waals surface area contributed by atoms with Gasteiger partial charge in [-0.25, -0.2) is 9.97 Å². The van der Waals surface area contributed by atoms with E-state index in [9.17, 15) is 0 Å². The highest BCUT2D eigenvalue weighted by atomic mass is 16.5. The first kappa shape index (κ1) is 16.8. The highest BCUT2D eigenvalue weighted by Gasteiger charge is 2.22. The fourth-order valence-corrected chi connectivity index (χ4v) is 3.99. The maximum absolute atomic E-state index is 5.31. The average Bonchev–Trinajstić information content (AvgIpc) is 3.43. The van der Waals surface area contributed by atoms with Crippen LogP contribution >= 0.6 is 0 Å². The number of fused-ring (bicyclic) bond motifs is 1. The van der Waals surface area contributed by atoms with Gasteiger partial charge in [-0.3, -0.25) is 0 Å². The number of hydrogen-bond acceptors (Lipinski definition) is 4. The predicted octanol–water partition coefficient (Wildman–Crippen LogP) is 4.70. The van der Waals surface area contributed by atoms with E-state index in [1.165, 1.54) is 18.4 Å². The number of nitrogens with zero attached hydrogens (tertiary/aromatic N) is 4. The Bertz CT molecular complexity index is 1100. The first-order valence-corrected chi connectivity index (χ1v) is 9.66. The Morgan fingerprint density at radius 3 is 2.36 bits per heavy atom. The van der Waals surface area contributed by atoms with E-state index in [1.807, 2.05) is 18.2 Å². The van der Waals surface area contributed by atoms with E-state index in [4.69, 9.17) is 9.72 Å². The summed E-state index contributed by atoms with van der Waals surface area (Å²) < 4.78 is 7.46. The third-order valence-corrected chi connectivity index (χ3v) is 5.40. The molecule has 0 amide bonds. The van der Waals surface area contributed by atoms with Crippen molar-refractivity contribution < 1.29 is 4.74 Å². The lowest BCUT2D eigenvalue weighted by Gasteiger charge is -2.17. The van der Waals surface area contributed by atoms with Crippen LogP contribution in [0, 0.1) is 0 Å². The molecule has 140 valence electrons. The zero-order chi connectivity index (χ0) is 18.9. The summed E-state index contributed by atoms with van der Waals surface area (Å²) in [5, 5.41) is 1.12. The molecule has 0 spiro atoms. The summed E-state index contributed by atoms with van der Waals surface area (Å²) in [5.41, 5.74) is 4.32. The lowest BCUT2D eigenvalue weighted by molar-refractivity contribution is 0.415. The molecule has 1 saturated heterocycles. The van der Waals surface area contributed by atoms with Crippen molar-refractivity contribution >= 4 is 16.9 Å². The van der Waals surface area contributed by atoms with E-state index in [0.717, 1.165) is 46.9 Å². The molecular formula is C23H22N4O. The van der Waals surface area contributed by atoms with Crippen molar-refractivity contribution in [1.29, 1.82) is 0 Å². The summed E-state index contributed by atoms with van der Waals surface area (Å²) in [6.07, 6.45) is 6.29. The Morgan fingerprint density at radius 1 is 0.893 bits per heavy atom. The van der Waals surface area contributed by atoms with Crippen LogP contribution in [-0.2, 0) is 0 Å². The number of rotatable bonds is 4. The van der Waals surface area contributed by atoms with Gasteiger partial charge < -0.3 is 14.2 Å². The van der Waals surface area contributed by atoms with Crippen molar-refractivity contribution in [3.8, 4) is 22.6 Å². The number of benzene rings is 2. The van der Waals surface area contributed by atoms with Crippen LogP contribution in [0.25, 0.3) is 27.8 Å². The minimum atomic E-state index is 0.843. The summed E-state index contributed by atoms with van der Waals surface area (Å²) in [7, 11) is 1.68. The van der Waals surface area contributed by atoms with Crippen LogP contribution in [0.15, 0.2) is 67.1 Å². The molecule has 1 aliphatic rings. The lowest BCUT2D eigenvalue weighted by Crippen LogP contribution is -2.19.